The maximum absolute atomic E-state index is 11.2. The van der Waals surface area contributed by atoms with Gasteiger partial charge in [0.1, 0.15) is 13.4 Å². The van der Waals surface area contributed by atoms with E-state index in [1.807, 2.05) is 13.9 Å². The number of hydrogen-bond donors (Lipinski definition) is 1. The highest BCUT2D eigenvalue weighted by Crippen LogP contribution is 2.03. The molecule has 2 N–H and O–H groups in total. The normalized spacial score (nSPS) is 10.5. The van der Waals surface area contributed by atoms with Crippen molar-refractivity contribution >= 4 is 30.3 Å². The first-order chi connectivity index (χ1) is 6.16. The van der Waals surface area contributed by atoms with Gasteiger partial charge in [-0.15, -0.1) is 0 Å². The van der Waals surface area contributed by atoms with E-state index < -0.39 is 0 Å². The van der Waals surface area contributed by atoms with Crippen LogP contribution in [0.4, 0.5) is 5.95 Å². The summed E-state index contributed by atoms with van der Waals surface area (Å²) in [5.41, 5.74) is 7.31. The van der Waals surface area contributed by atoms with E-state index in [4.69, 9.17) is 5.73 Å². The van der Waals surface area contributed by atoms with Crippen LogP contribution in [0.5, 0.6) is 0 Å². The molecule has 2 rings (SSSR count). The summed E-state index contributed by atoms with van der Waals surface area (Å²) in [5.74, 6) is -0.00801. The van der Waals surface area contributed by atoms with Gasteiger partial charge in [0.05, 0.1) is 5.10 Å². The number of anilines is 1. The van der Waals surface area contributed by atoms with E-state index in [1.54, 1.807) is 12.1 Å². The average molecular weight is 174 g/mol. The van der Waals surface area contributed by atoms with Crippen LogP contribution in [0, 0.1) is 5.21 Å². The molecule has 0 fully saturated rings. The number of rotatable bonds is 0. The lowest BCUT2D eigenvalue weighted by Gasteiger charge is -1.99. The van der Waals surface area contributed by atoms with Gasteiger partial charge in [0.15, 0.2) is 0 Å². The summed E-state index contributed by atoms with van der Waals surface area (Å²) in [5, 5.41) is 14.7. The number of nitrogens with two attached hydrogens (primary N) is 1. The third-order valence-electron chi connectivity index (χ3n) is 1.77. The van der Waals surface area contributed by atoms with E-state index in [-0.39, 0.29) is 5.95 Å². The van der Waals surface area contributed by atoms with Gasteiger partial charge in [0.25, 0.3) is 11.5 Å². The SMILES string of the molecule is Bc1ccc2nc(N)n[n+]([O-])c2c1. The molecule has 13 heavy (non-hydrogen) atoms. The monoisotopic (exact) mass is 174 g/mol. The van der Waals surface area contributed by atoms with Gasteiger partial charge in [-0.3, -0.25) is 0 Å². The van der Waals surface area contributed by atoms with E-state index in [0.717, 1.165) is 5.46 Å². The second kappa shape index (κ2) is 2.58. The number of nitrogen functional groups attached to an aromatic ring is 1. The highest BCUT2D eigenvalue weighted by molar-refractivity contribution is 6.32. The van der Waals surface area contributed by atoms with Gasteiger partial charge < -0.3 is 10.9 Å². The van der Waals surface area contributed by atoms with Crippen LogP contribution < -0.4 is 16.0 Å². The van der Waals surface area contributed by atoms with Gasteiger partial charge in [-0.1, -0.05) is 11.5 Å². The molecule has 64 valence electrons. The summed E-state index contributed by atoms with van der Waals surface area (Å²) in [4.78, 5) is 4.41. The molecular weight excluding hydrogens is 167 g/mol. The van der Waals surface area contributed by atoms with Crippen molar-refractivity contribution in [1.29, 1.82) is 0 Å². The van der Waals surface area contributed by atoms with Gasteiger partial charge in [-0.05, 0) is 10.9 Å². The predicted octanol–water partition coefficient (Wildman–Crippen LogP) is -1.90. The van der Waals surface area contributed by atoms with Crippen LogP contribution in [0.25, 0.3) is 11.0 Å². The Morgan fingerprint density at radius 3 is 3.00 bits per heavy atom. The van der Waals surface area contributed by atoms with Crippen molar-refractivity contribution in [2.75, 3.05) is 5.73 Å². The van der Waals surface area contributed by atoms with E-state index >= 15 is 0 Å². The average Bonchev–Trinajstić information content (AvgIpc) is 2.06. The Labute approximate surface area is 75.2 Å². The van der Waals surface area contributed by atoms with Crippen LogP contribution in [0.2, 0.25) is 0 Å². The van der Waals surface area contributed by atoms with Gasteiger partial charge in [0.2, 0.25) is 0 Å². The molecule has 5 nitrogen and oxygen atoms in total. The zero-order valence-corrected chi connectivity index (χ0v) is 7.06. The van der Waals surface area contributed by atoms with Crippen LogP contribution in [0.15, 0.2) is 18.2 Å². The zero-order chi connectivity index (χ0) is 9.42. The van der Waals surface area contributed by atoms with E-state index in [2.05, 4.69) is 10.1 Å². The van der Waals surface area contributed by atoms with Crippen molar-refractivity contribution in [3.05, 3.63) is 23.4 Å². The Hall–Kier alpha value is -1.85. The molecule has 0 saturated carbocycles. The van der Waals surface area contributed by atoms with Crippen molar-refractivity contribution < 1.29 is 4.85 Å². The van der Waals surface area contributed by atoms with Gasteiger partial charge in [-0.2, -0.15) is 0 Å². The lowest BCUT2D eigenvalue weighted by atomic mass is 9.96. The van der Waals surface area contributed by atoms with Crippen molar-refractivity contribution in [2.45, 2.75) is 0 Å². The van der Waals surface area contributed by atoms with Crippen LogP contribution in [-0.4, -0.2) is 17.9 Å². The maximum atomic E-state index is 11.2. The number of fused-ring (bicyclic) bond motifs is 1. The fraction of sp³-hybridized carbons (Fsp3) is 0. The van der Waals surface area contributed by atoms with Crippen molar-refractivity contribution in [1.82, 2.24) is 10.1 Å². The maximum Gasteiger partial charge on any atom is 0.288 e. The molecule has 0 atom stereocenters. The molecule has 0 aliphatic carbocycles. The molecule has 1 heterocycles. The van der Waals surface area contributed by atoms with Crippen LogP contribution >= 0.6 is 0 Å². The van der Waals surface area contributed by atoms with Gasteiger partial charge in [-0.25, -0.2) is 4.98 Å². The fourth-order valence-electron chi connectivity index (χ4n) is 1.17. The molecule has 2 aromatic rings. The molecular formula is C7H7BN4O. The molecule has 0 unspecified atom stereocenters. The van der Waals surface area contributed by atoms with Crippen molar-refractivity contribution in [3.8, 4) is 0 Å². The minimum Gasteiger partial charge on any atom is -0.594 e. The molecule has 1 aromatic carbocycles. The van der Waals surface area contributed by atoms with Crippen LogP contribution in [0.1, 0.15) is 0 Å². The second-order valence-corrected chi connectivity index (χ2v) is 2.84. The van der Waals surface area contributed by atoms with E-state index in [0.29, 0.717) is 15.9 Å². The summed E-state index contributed by atoms with van der Waals surface area (Å²) in [6, 6.07) is 5.34. The Bertz CT molecular complexity index is 473. The molecule has 0 bridgehead atoms. The summed E-state index contributed by atoms with van der Waals surface area (Å²) in [6.45, 7) is 0. The minimum atomic E-state index is -0.00801. The zero-order valence-electron chi connectivity index (χ0n) is 7.06. The topological polar surface area (TPSA) is 78.7 Å². The summed E-state index contributed by atoms with van der Waals surface area (Å²) in [6.07, 6.45) is 0. The summed E-state index contributed by atoms with van der Waals surface area (Å²) >= 11 is 0. The lowest BCUT2D eigenvalue weighted by Crippen LogP contribution is -2.34. The third-order valence-corrected chi connectivity index (χ3v) is 1.77. The highest BCUT2D eigenvalue weighted by Gasteiger charge is 2.07. The van der Waals surface area contributed by atoms with Gasteiger partial charge in [0, 0.05) is 6.07 Å². The minimum absolute atomic E-state index is 0.00801. The standard InChI is InChI=1S/C7H7BN4O/c8-4-1-2-5-6(3-4)12(13)11-7(9)10-5/h1-3H,8H2,(H2,9,10,11). The number of aromatic nitrogens is 3. The molecule has 0 saturated heterocycles. The predicted molar refractivity (Wildman–Crippen MR) is 51.1 cm³/mol. The number of nitrogens with zero attached hydrogens (tertiary/aromatic N) is 3. The molecule has 0 aliphatic rings. The largest absolute Gasteiger partial charge is 0.594 e. The number of hydrogen-bond acceptors (Lipinski definition) is 4. The highest BCUT2D eigenvalue weighted by atomic mass is 16.5. The Balaban J connectivity index is 2.87. The fourth-order valence-corrected chi connectivity index (χ4v) is 1.17. The number of benzene rings is 1. The summed E-state index contributed by atoms with van der Waals surface area (Å²) < 4.78 is 0. The third kappa shape index (κ3) is 1.26. The molecule has 0 radical (unpaired) electrons. The quantitative estimate of drug-likeness (QED) is 0.287. The smallest absolute Gasteiger partial charge is 0.288 e. The van der Waals surface area contributed by atoms with Crippen molar-refractivity contribution in [3.63, 3.8) is 0 Å². The molecule has 0 amide bonds. The van der Waals surface area contributed by atoms with Crippen LogP contribution in [0.3, 0.4) is 0 Å². The summed E-state index contributed by atoms with van der Waals surface area (Å²) in [7, 11) is 1.90. The van der Waals surface area contributed by atoms with Crippen LogP contribution in [-0.2, 0) is 0 Å². The Morgan fingerprint density at radius 1 is 1.46 bits per heavy atom. The van der Waals surface area contributed by atoms with E-state index in [1.165, 1.54) is 0 Å². The Morgan fingerprint density at radius 2 is 2.23 bits per heavy atom. The van der Waals surface area contributed by atoms with E-state index in [9.17, 15) is 5.21 Å². The second-order valence-electron chi connectivity index (χ2n) is 2.84. The molecule has 0 spiro atoms. The first-order valence-corrected chi connectivity index (χ1v) is 3.80. The molecule has 0 aliphatic heterocycles. The van der Waals surface area contributed by atoms with Gasteiger partial charge >= 0.3 is 0 Å². The first-order valence-electron chi connectivity index (χ1n) is 3.80. The molecule has 1 aromatic heterocycles. The Kier molecular flexibility index (Phi) is 1.55. The van der Waals surface area contributed by atoms with Crippen molar-refractivity contribution in [2.24, 2.45) is 0 Å². The lowest BCUT2D eigenvalue weighted by molar-refractivity contribution is -0.641. The molecule has 6 heteroatoms. The first kappa shape index (κ1) is 7.79.